The second-order valence-electron chi connectivity index (χ2n) is 3.29. The molecule has 1 amide bonds. The van der Waals surface area contributed by atoms with Crippen molar-refractivity contribution in [2.24, 2.45) is 5.73 Å². The summed E-state index contributed by atoms with van der Waals surface area (Å²) >= 11 is 0. The van der Waals surface area contributed by atoms with Crippen molar-refractivity contribution in [3.05, 3.63) is 0 Å². The van der Waals surface area contributed by atoms with Gasteiger partial charge in [0.15, 0.2) is 0 Å². The molecule has 4 heteroatoms. The van der Waals surface area contributed by atoms with Gasteiger partial charge in [-0.25, -0.2) is 0 Å². The van der Waals surface area contributed by atoms with Crippen molar-refractivity contribution in [2.45, 2.75) is 18.9 Å². The van der Waals surface area contributed by atoms with Crippen LogP contribution in [0.25, 0.3) is 0 Å². The van der Waals surface area contributed by atoms with Crippen molar-refractivity contribution in [2.75, 3.05) is 26.7 Å². The summed E-state index contributed by atoms with van der Waals surface area (Å²) in [6, 6.07) is 0.595. The van der Waals surface area contributed by atoms with Crippen LogP contribution in [-0.4, -0.2) is 43.5 Å². The average Bonchev–Trinajstić information content (AvgIpc) is 2.48. The summed E-state index contributed by atoms with van der Waals surface area (Å²) in [4.78, 5) is 12.8. The van der Waals surface area contributed by atoms with Crippen molar-refractivity contribution >= 4 is 5.91 Å². The van der Waals surface area contributed by atoms with Gasteiger partial charge < -0.3 is 16.0 Å². The second-order valence-corrected chi connectivity index (χ2v) is 3.29. The molecule has 1 unspecified atom stereocenters. The fourth-order valence-corrected chi connectivity index (χ4v) is 1.54. The second kappa shape index (κ2) is 4.42. The number of primary amides is 1. The molecule has 0 aromatic carbocycles. The molecule has 0 aromatic heterocycles. The lowest BCUT2D eigenvalue weighted by molar-refractivity contribution is -0.118. The highest BCUT2D eigenvalue weighted by atomic mass is 16.1. The van der Waals surface area contributed by atoms with Crippen LogP contribution in [0.3, 0.4) is 0 Å². The molecule has 0 aromatic rings. The van der Waals surface area contributed by atoms with E-state index in [1.165, 1.54) is 6.42 Å². The highest BCUT2D eigenvalue weighted by Gasteiger charge is 2.20. The van der Waals surface area contributed by atoms with E-state index in [0.29, 0.717) is 12.5 Å². The smallest absolute Gasteiger partial charge is 0.218 e. The fourth-order valence-electron chi connectivity index (χ4n) is 1.54. The highest BCUT2D eigenvalue weighted by Crippen LogP contribution is 2.08. The Hall–Kier alpha value is -0.610. The third kappa shape index (κ3) is 2.79. The number of carbonyl (C=O) groups is 1. The molecule has 1 aliphatic rings. The molecule has 1 saturated heterocycles. The maximum atomic E-state index is 10.5. The SMILES string of the molecule is CNC1CCN(CCC(N)=O)C1. The Labute approximate surface area is 73.1 Å². The first-order chi connectivity index (χ1) is 5.72. The van der Waals surface area contributed by atoms with Gasteiger partial charge in [0, 0.05) is 25.6 Å². The number of rotatable bonds is 4. The van der Waals surface area contributed by atoms with Gasteiger partial charge in [-0.05, 0) is 20.0 Å². The Morgan fingerprint density at radius 2 is 2.50 bits per heavy atom. The lowest BCUT2D eigenvalue weighted by Gasteiger charge is -2.14. The molecule has 3 N–H and O–H groups in total. The van der Waals surface area contributed by atoms with Gasteiger partial charge in [-0.15, -0.1) is 0 Å². The molecule has 1 atom stereocenters. The Bertz CT molecular complexity index is 160. The molecular formula is C8H17N3O. The van der Waals surface area contributed by atoms with Gasteiger partial charge in [-0.3, -0.25) is 4.79 Å². The van der Waals surface area contributed by atoms with Crippen molar-refractivity contribution in [3.8, 4) is 0 Å². The minimum Gasteiger partial charge on any atom is -0.370 e. The molecule has 70 valence electrons. The summed E-state index contributed by atoms with van der Waals surface area (Å²) in [5.74, 6) is -0.206. The van der Waals surface area contributed by atoms with Crippen LogP contribution in [-0.2, 0) is 4.79 Å². The molecule has 0 spiro atoms. The zero-order valence-corrected chi connectivity index (χ0v) is 7.55. The molecule has 1 rings (SSSR count). The standard InChI is InChI=1S/C8H17N3O/c1-10-7-2-4-11(6-7)5-3-8(9)12/h7,10H,2-6H2,1H3,(H2,9,12). The number of hydrogen-bond donors (Lipinski definition) is 2. The number of nitrogens with zero attached hydrogens (tertiary/aromatic N) is 1. The van der Waals surface area contributed by atoms with Gasteiger partial charge >= 0.3 is 0 Å². The lowest BCUT2D eigenvalue weighted by atomic mass is 10.3. The van der Waals surface area contributed by atoms with Crippen LogP contribution in [0, 0.1) is 0 Å². The van der Waals surface area contributed by atoms with Crippen LogP contribution >= 0.6 is 0 Å². The predicted molar refractivity (Wildman–Crippen MR) is 47.7 cm³/mol. The van der Waals surface area contributed by atoms with Gasteiger partial charge in [-0.2, -0.15) is 0 Å². The number of likely N-dealkylation sites (tertiary alicyclic amines) is 1. The van der Waals surface area contributed by atoms with E-state index in [1.54, 1.807) is 0 Å². The first kappa shape index (κ1) is 9.48. The first-order valence-electron chi connectivity index (χ1n) is 4.40. The van der Waals surface area contributed by atoms with Crippen molar-refractivity contribution in [3.63, 3.8) is 0 Å². The number of nitrogens with two attached hydrogens (primary N) is 1. The minimum absolute atomic E-state index is 0.206. The summed E-state index contributed by atoms with van der Waals surface area (Å²) in [6.07, 6.45) is 1.66. The van der Waals surface area contributed by atoms with Crippen molar-refractivity contribution < 1.29 is 4.79 Å². The summed E-state index contributed by atoms with van der Waals surface area (Å²) in [5.41, 5.74) is 5.06. The third-order valence-corrected chi connectivity index (χ3v) is 2.36. The molecule has 0 aliphatic carbocycles. The number of carbonyl (C=O) groups excluding carboxylic acids is 1. The maximum absolute atomic E-state index is 10.5. The van der Waals surface area contributed by atoms with E-state index in [9.17, 15) is 4.79 Å². The number of likely N-dealkylation sites (N-methyl/N-ethyl adjacent to an activating group) is 1. The number of nitrogens with one attached hydrogen (secondary N) is 1. The van der Waals surface area contributed by atoms with E-state index in [4.69, 9.17) is 5.73 Å². The Morgan fingerprint density at radius 3 is 3.00 bits per heavy atom. The normalized spacial score (nSPS) is 24.6. The third-order valence-electron chi connectivity index (χ3n) is 2.36. The zero-order chi connectivity index (χ0) is 8.97. The lowest BCUT2D eigenvalue weighted by Crippen LogP contribution is -2.31. The first-order valence-corrected chi connectivity index (χ1v) is 4.40. The van der Waals surface area contributed by atoms with E-state index in [-0.39, 0.29) is 5.91 Å². The molecule has 1 heterocycles. The van der Waals surface area contributed by atoms with Crippen molar-refractivity contribution in [1.82, 2.24) is 10.2 Å². The summed E-state index contributed by atoms with van der Waals surface area (Å²) in [7, 11) is 1.97. The van der Waals surface area contributed by atoms with Crippen LogP contribution < -0.4 is 11.1 Å². The fraction of sp³-hybridized carbons (Fsp3) is 0.875. The van der Waals surface area contributed by atoms with Gasteiger partial charge in [0.1, 0.15) is 0 Å². The van der Waals surface area contributed by atoms with Crippen LogP contribution in [0.5, 0.6) is 0 Å². The summed E-state index contributed by atoms with van der Waals surface area (Å²) in [6.45, 7) is 2.94. The maximum Gasteiger partial charge on any atom is 0.218 e. The van der Waals surface area contributed by atoms with Gasteiger partial charge in [0.25, 0.3) is 0 Å². The Kier molecular flexibility index (Phi) is 3.49. The monoisotopic (exact) mass is 171 g/mol. The van der Waals surface area contributed by atoms with Gasteiger partial charge in [0.2, 0.25) is 5.91 Å². The van der Waals surface area contributed by atoms with Crippen molar-refractivity contribution in [1.29, 1.82) is 0 Å². The van der Waals surface area contributed by atoms with E-state index in [0.717, 1.165) is 19.6 Å². The summed E-state index contributed by atoms with van der Waals surface area (Å²) < 4.78 is 0. The van der Waals surface area contributed by atoms with Gasteiger partial charge in [0.05, 0.1) is 0 Å². The van der Waals surface area contributed by atoms with Crippen LogP contribution in [0.2, 0.25) is 0 Å². The van der Waals surface area contributed by atoms with Crippen LogP contribution in [0.15, 0.2) is 0 Å². The Balaban J connectivity index is 2.15. The largest absolute Gasteiger partial charge is 0.370 e. The molecular weight excluding hydrogens is 154 g/mol. The molecule has 4 nitrogen and oxygen atoms in total. The van der Waals surface area contributed by atoms with Gasteiger partial charge in [-0.1, -0.05) is 0 Å². The van der Waals surface area contributed by atoms with Crippen LogP contribution in [0.4, 0.5) is 0 Å². The highest BCUT2D eigenvalue weighted by molar-refractivity contribution is 5.73. The number of amides is 1. The summed E-state index contributed by atoms with van der Waals surface area (Å²) in [5, 5.41) is 3.22. The molecule has 1 fully saturated rings. The molecule has 0 saturated carbocycles. The molecule has 0 radical (unpaired) electrons. The Morgan fingerprint density at radius 1 is 1.75 bits per heavy atom. The van der Waals surface area contributed by atoms with E-state index < -0.39 is 0 Å². The molecule has 0 bridgehead atoms. The zero-order valence-electron chi connectivity index (χ0n) is 7.55. The minimum atomic E-state index is -0.206. The number of hydrogen-bond acceptors (Lipinski definition) is 3. The van der Waals surface area contributed by atoms with Crippen LogP contribution in [0.1, 0.15) is 12.8 Å². The topological polar surface area (TPSA) is 58.4 Å². The quantitative estimate of drug-likeness (QED) is 0.579. The van der Waals surface area contributed by atoms with E-state index in [1.807, 2.05) is 7.05 Å². The predicted octanol–water partition coefficient (Wildman–Crippen LogP) is -0.844. The molecule has 12 heavy (non-hydrogen) atoms. The molecule has 1 aliphatic heterocycles. The van der Waals surface area contributed by atoms with E-state index >= 15 is 0 Å². The average molecular weight is 171 g/mol. The van der Waals surface area contributed by atoms with E-state index in [2.05, 4.69) is 10.2 Å².